The molecule has 14 heavy (non-hydrogen) atoms. The molecule has 0 aliphatic carbocycles. The number of rotatable bonds is 0. The zero-order valence-electron chi connectivity index (χ0n) is 8.92. The Bertz CT molecular complexity index is 367. The van der Waals surface area contributed by atoms with Crippen LogP contribution in [-0.2, 0) is 6.42 Å². The van der Waals surface area contributed by atoms with Crippen LogP contribution in [0.5, 0.6) is 11.5 Å². The van der Waals surface area contributed by atoms with Crippen LogP contribution in [0.2, 0.25) is 0 Å². The maximum atomic E-state index is 9.55. The van der Waals surface area contributed by atoms with E-state index in [1.807, 2.05) is 13.0 Å². The van der Waals surface area contributed by atoms with Gasteiger partial charge >= 0.3 is 0 Å². The van der Waals surface area contributed by atoms with E-state index in [-0.39, 0.29) is 5.60 Å². The van der Waals surface area contributed by atoms with Gasteiger partial charge in [0.15, 0.2) is 0 Å². The molecule has 2 heteroatoms. The summed E-state index contributed by atoms with van der Waals surface area (Å²) >= 11 is 0. The molecule has 1 aromatic carbocycles. The number of phenolic OH excluding ortho intramolecular Hbond substituents is 1. The third kappa shape index (κ3) is 1.45. The van der Waals surface area contributed by atoms with E-state index in [0.29, 0.717) is 5.75 Å². The Morgan fingerprint density at radius 1 is 1.36 bits per heavy atom. The summed E-state index contributed by atoms with van der Waals surface area (Å²) in [5.41, 5.74) is 2.04. The number of benzene rings is 1. The first-order chi connectivity index (χ1) is 6.49. The van der Waals surface area contributed by atoms with Gasteiger partial charge in [-0.15, -0.1) is 0 Å². The Morgan fingerprint density at radius 2 is 2.07 bits per heavy atom. The maximum Gasteiger partial charge on any atom is 0.123 e. The Balaban J connectivity index is 2.46. The summed E-state index contributed by atoms with van der Waals surface area (Å²) in [6.45, 7) is 6.13. The average Bonchev–Trinajstić information content (AvgIpc) is 2.10. The molecule has 0 atom stereocenters. The zero-order valence-corrected chi connectivity index (χ0v) is 8.92. The van der Waals surface area contributed by atoms with Crippen molar-refractivity contribution in [2.24, 2.45) is 0 Å². The third-order valence-electron chi connectivity index (χ3n) is 2.89. The number of hydrogen-bond donors (Lipinski definition) is 1. The summed E-state index contributed by atoms with van der Waals surface area (Å²) < 4.78 is 5.84. The molecule has 1 heterocycles. The number of fused-ring (bicyclic) bond motifs is 1. The standard InChI is InChI=1S/C12H16O2/c1-8-9-6-7-12(2,3)14-11(9)5-4-10(8)13/h4-5,13H,6-7H2,1-3H3. The minimum Gasteiger partial charge on any atom is -0.508 e. The van der Waals surface area contributed by atoms with Crippen molar-refractivity contribution in [2.45, 2.75) is 39.2 Å². The molecule has 0 amide bonds. The fourth-order valence-electron chi connectivity index (χ4n) is 1.90. The summed E-state index contributed by atoms with van der Waals surface area (Å²) in [5.74, 6) is 1.30. The van der Waals surface area contributed by atoms with Crippen LogP contribution < -0.4 is 4.74 Å². The summed E-state index contributed by atoms with van der Waals surface area (Å²) in [6, 6.07) is 3.56. The summed E-state index contributed by atoms with van der Waals surface area (Å²) in [7, 11) is 0. The quantitative estimate of drug-likeness (QED) is 0.685. The normalized spacial score (nSPS) is 18.5. The lowest BCUT2D eigenvalue weighted by Gasteiger charge is -2.33. The second-order valence-electron chi connectivity index (χ2n) is 4.55. The number of hydrogen-bond acceptors (Lipinski definition) is 2. The van der Waals surface area contributed by atoms with Crippen LogP contribution in [0.25, 0.3) is 0 Å². The van der Waals surface area contributed by atoms with Gasteiger partial charge in [0.1, 0.15) is 17.1 Å². The highest BCUT2D eigenvalue weighted by Gasteiger charge is 2.27. The number of aromatic hydroxyl groups is 1. The van der Waals surface area contributed by atoms with E-state index in [2.05, 4.69) is 13.8 Å². The van der Waals surface area contributed by atoms with Crippen molar-refractivity contribution in [3.8, 4) is 11.5 Å². The van der Waals surface area contributed by atoms with Gasteiger partial charge in [0.25, 0.3) is 0 Å². The predicted molar refractivity (Wildman–Crippen MR) is 55.9 cm³/mol. The highest BCUT2D eigenvalue weighted by molar-refractivity contribution is 5.48. The van der Waals surface area contributed by atoms with Crippen molar-refractivity contribution >= 4 is 0 Å². The Kier molecular flexibility index (Phi) is 1.95. The van der Waals surface area contributed by atoms with Crippen LogP contribution in [0, 0.1) is 6.92 Å². The van der Waals surface area contributed by atoms with Crippen molar-refractivity contribution in [2.75, 3.05) is 0 Å². The van der Waals surface area contributed by atoms with E-state index in [0.717, 1.165) is 29.7 Å². The molecule has 1 N–H and O–H groups in total. The summed E-state index contributed by atoms with van der Waals surface area (Å²) in [4.78, 5) is 0. The van der Waals surface area contributed by atoms with Crippen LogP contribution in [-0.4, -0.2) is 10.7 Å². The largest absolute Gasteiger partial charge is 0.508 e. The van der Waals surface area contributed by atoms with Gasteiger partial charge in [-0.1, -0.05) is 0 Å². The molecule has 0 radical (unpaired) electrons. The van der Waals surface area contributed by atoms with Crippen LogP contribution in [0.3, 0.4) is 0 Å². The lowest BCUT2D eigenvalue weighted by molar-refractivity contribution is 0.0842. The first kappa shape index (κ1) is 9.38. The summed E-state index contributed by atoms with van der Waals surface area (Å²) in [5, 5.41) is 9.55. The molecule has 2 rings (SSSR count). The first-order valence-corrected chi connectivity index (χ1v) is 5.00. The average molecular weight is 192 g/mol. The minimum absolute atomic E-state index is 0.0730. The van der Waals surface area contributed by atoms with Crippen molar-refractivity contribution in [3.63, 3.8) is 0 Å². The zero-order chi connectivity index (χ0) is 10.3. The van der Waals surface area contributed by atoms with Gasteiger partial charge in [0.2, 0.25) is 0 Å². The van der Waals surface area contributed by atoms with Gasteiger partial charge in [0, 0.05) is 5.56 Å². The van der Waals surface area contributed by atoms with Gasteiger partial charge in [-0.3, -0.25) is 0 Å². The Labute approximate surface area is 84.5 Å². The Hall–Kier alpha value is -1.18. The Morgan fingerprint density at radius 3 is 2.79 bits per heavy atom. The lowest BCUT2D eigenvalue weighted by atomic mass is 9.91. The fraction of sp³-hybridized carbons (Fsp3) is 0.500. The molecular weight excluding hydrogens is 176 g/mol. The molecule has 0 fully saturated rings. The predicted octanol–water partition coefficient (Wildman–Crippen LogP) is 2.80. The van der Waals surface area contributed by atoms with Crippen molar-refractivity contribution in [1.82, 2.24) is 0 Å². The van der Waals surface area contributed by atoms with Gasteiger partial charge in [-0.05, 0) is 51.3 Å². The van der Waals surface area contributed by atoms with E-state index >= 15 is 0 Å². The van der Waals surface area contributed by atoms with E-state index in [1.54, 1.807) is 6.07 Å². The smallest absolute Gasteiger partial charge is 0.123 e. The van der Waals surface area contributed by atoms with E-state index < -0.39 is 0 Å². The SMILES string of the molecule is Cc1c(O)ccc2c1CCC(C)(C)O2. The van der Waals surface area contributed by atoms with Crippen LogP contribution in [0.15, 0.2) is 12.1 Å². The highest BCUT2D eigenvalue weighted by Crippen LogP contribution is 2.37. The van der Waals surface area contributed by atoms with E-state index in [9.17, 15) is 5.11 Å². The molecule has 0 spiro atoms. The second-order valence-corrected chi connectivity index (χ2v) is 4.55. The number of ether oxygens (including phenoxy) is 1. The molecule has 0 saturated heterocycles. The number of phenols is 1. The lowest BCUT2D eigenvalue weighted by Crippen LogP contribution is -2.32. The van der Waals surface area contributed by atoms with Gasteiger partial charge in [0.05, 0.1) is 0 Å². The van der Waals surface area contributed by atoms with Gasteiger partial charge in [-0.25, -0.2) is 0 Å². The molecule has 0 aromatic heterocycles. The molecule has 1 aliphatic rings. The van der Waals surface area contributed by atoms with Crippen molar-refractivity contribution < 1.29 is 9.84 Å². The van der Waals surface area contributed by atoms with Crippen LogP contribution >= 0.6 is 0 Å². The third-order valence-corrected chi connectivity index (χ3v) is 2.89. The first-order valence-electron chi connectivity index (χ1n) is 5.00. The molecule has 76 valence electrons. The molecule has 2 nitrogen and oxygen atoms in total. The topological polar surface area (TPSA) is 29.5 Å². The van der Waals surface area contributed by atoms with E-state index in [4.69, 9.17) is 4.74 Å². The van der Waals surface area contributed by atoms with Gasteiger partial charge in [-0.2, -0.15) is 0 Å². The molecular formula is C12H16O2. The molecule has 0 unspecified atom stereocenters. The fourth-order valence-corrected chi connectivity index (χ4v) is 1.90. The molecule has 0 saturated carbocycles. The van der Waals surface area contributed by atoms with Crippen LogP contribution in [0.1, 0.15) is 31.4 Å². The van der Waals surface area contributed by atoms with Crippen LogP contribution in [0.4, 0.5) is 0 Å². The highest BCUT2D eigenvalue weighted by atomic mass is 16.5. The monoisotopic (exact) mass is 192 g/mol. The maximum absolute atomic E-state index is 9.55. The molecule has 0 bridgehead atoms. The minimum atomic E-state index is -0.0730. The van der Waals surface area contributed by atoms with Crippen molar-refractivity contribution in [1.29, 1.82) is 0 Å². The summed E-state index contributed by atoms with van der Waals surface area (Å²) in [6.07, 6.45) is 1.99. The van der Waals surface area contributed by atoms with Crippen molar-refractivity contribution in [3.05, 3.63) is 23.3 Å². The van der Waals surface area contributed by atoms with E-state index in [1.165, 1.54) is 0 Å². The second kappa shape index (κ2) is 2.91. The van der Waals surface area contributed by atoms with Gasteiger partial charge < -0.3 is 9.84 Å². The molecule has 1 aliphatic heterocycles. The molecule has 1 aromatic rings.